The molecule has 3 atom stereocenters. The van der Waals surface area contributed by atoms with Crippen molar-refractivity contribution < 1.29 is 14.8 Å². The normalized spacial score (nSPS) is 24.4. The zero-order valence-electron chi connectivity index (χ0n) is 13.5. The minimum Gasteiger partial charge on any atom is -0.390 e. The Morgan fingerprint density at radius 1 is 1.36 bits per heavy atom. The van der Waals surface area contributed by atoms with Crippen molar-refractivity contribution >= 4 is 5.69 Å². The Kier molecular flexibility index (Phi) is 5.15. The lowest BCUT2D eigenvalue weighted by Crippen LogP contribution is -2.48. The fourth-order valence-electron chi connectivity index (χ4n) is 3.12. The highest BCUT2D eigenvalue weighted by molar-refractivity contribution is 5.39. The standard InChI is InChI=1S/C14H24N4O4/c1-9-5-16(6-10(2)22-9)7-13(19)8-17-12(4)14(18(20)21)11(3)15-17/h9-10,13,19H,5-8H2,1-4H3/t9-,10+,13-/m1/s1. The van der Waals surface area contributed by atoms with E-state index in [4.69, 9.17) is 4.74 Å². The van der Waals surface area contributed by atoms with Crippen molar-refractivity contribution in [3.8, 4) is 0 Å². The van der Waals surface area contributed by atoms with Gasteiger partial charge in [-0.05, 0) is 27.7 Å². The molecule has 1 aromatic heterocycles. The van der Waals surface area contributed by atoms with Crippen LogP contribution in [0.1, 0.15) is 25.2 Å². The van der Waals surface area contributed by atoms with Gasteiger partial charge in [0.1, 0.15) is 11.4 Å². The predicted molar refractivity (Wildman–Crippen MR) is 80.8 cm³/mol. The molecule has 0 amide bonds. The molecule has 1 aliphatic rings. The van der Waals surface area contributed by atoms with Gasteiger partial charge >= 0.3 is 5.69 Å². The highest BCUT2D eigenvalue weighted by Gasteiger charge is 2.26. The molecule has 1 aromatic rings. The summed E-state index contributed by atoms with van der Waals surface area (Å²) in [5, 5.41) is 25.4. The average Bonchev–Trinajstić information content (AvgIpc) is 2.62. The van der Waals surface area contributed by atoms with E-state index in [1.165, 1.54) is 4.68 Å². The Morgan fingerprint density at radius 3 is 2.45 bits per heavy atom. The molecule has 8 nitrogen and oxygen atoms in total. The van der Waals surface area contributed by atoms with Crippen LogP contribution in [0.2, 0.25) is 0 Å². The van der Waals surface area contributed by atoms with E-state index in [1.807, 2.05) is 13.8 Å². The summed E-state index contributed by atoms with van der Waals surface area (Å²) in [4.78, 5) is 12.7. The number of aliphatic hydroxyl groups is 1. The second-order valence-electron chi connectivity index (χ2n) is 6.09. The molecule has 0 aliphatic carbocycles. The monoisotopic (exact) mass is 312 g/mol. The van der Waals surface area contributed by atoms with Crippen LogP contribution in [-0.4, -0.2) is 62.7 Å². The summed E-state index contributed by atoms with van der Waals surface area (Å²) in [5.74, 6) is 0. The van der Waals surface area contributed by atoms with Gasteiger partial charge in [-0.15, -0.1) is 0 Å². The van der Waals surface area contributed by atoms with Gasteiger partial charge < -0.3 is 9.84 Å². The fourth-order valence-corrected chi connectivity index (χ4v) is 3.12. The molecule has 0 radical (unpaired) electrons. The van der Waals surface area contributed by atoms with Crippen molar-refractivity contribution in [2.75, 3.05) is 19.6 Å². The van der Waals surface area contributed by atoms with Crippen molar-refractivity contribution in [2.45, 2.75) is 52.6 Å². The lowest BCUT2D eigenvalue weighted by molar-refractivity contribution is -0.386. The number of ether oxygens (including phenoxy) is 1. The number of rotatable bonds is 5. The van der Waals surface area contributed by atoms with E-state index in [0.29, 0.717) is 17.9 Å². The van der Waals surface area contributed by atoms with Crippen LogP contribution < -0.4 is 0 Å². The number of aliphatic hydroxyl groups excluding tert-OH is 1. The average molecular weight is 312 g/mol. The van der Waals surface area contributed by atoms with E-state index < -0.39 is 11.0 Å². The molecule has 0 saturated carbocycles. The minimum absolute atomic E-state index is 0.0285. The van der Waals surface area contributed by atoms with Crippen molar-refractivity contribution in [3.63, 3.8) is 0 Å². The first-order chi connectivity index (χ1) is 10.3. The smallest absolute Gasteiger partial charge is 0.312 e. The summed E-state index contributed by atoms with van der Waals surface area (Å²) < 4.78 is 7.18. The fraction of sp³-hybridized carbons (Fsp3) is 0.786. The van der Waals surface area contributed by atoms with E-state index in [0.717, 1.165) is 13.1 Å². The number of nitro groups is 1. The maximum absolute atomic E-state index is 11.0. The number of aromatic nitrogens is 2. The summed E-state index contributed by atoms with van der Waals surface area (Å²) >= 11 is 0. The molecule has 0 bridgehead atoms. The summed E-state index contributed by atoms with van der Waals surface area (Å²) in [6.07, 6.45) is -0.341. The number of hydrogen-bond acceptors (Lipinski definition) is 6. The lowest BCUT2D eigenvalue weighted by Gasteiger charge is -2.36. The molecule has 2 heterocycles. The Labute approximate surface area is 129 Å². The van der Waals surface area contributed by atoms with Crippen molar-refractivity contribution in [2.24, 2.45) is 0 Å². The summed E-state index contributed by atoms with van der Waals surface area (Å²) in [6, 6.07) is 0. The highest BCUT2D eigenvalue weighted by atomic mass is 16.6. The molecule has 22 heavy (non-hydrogen) atoms. The van der Waals surface area contributed by atoms with E-state index in [-0.39, 0.29) is 24.4 Å². The third-order valence-corrected chi connectivity index (χ3v) is 3.87. The molecule has 0 spiro atoms. The molecular formula is C14H24N4O4. The highest BCUT2D eigenvalue weighted by Crippen LogP contribution is 2.22. The SMILES string of the molecule is Cc1nn(C[C@H](O)CN2C[C@@H](C)O[C@@H](C)C2)c(C)c1[N+](=O)[O-]. The third-order valence-electron chi connectivity index (χ3n) is 3.87. The van der Waals surface area contributed by atoms with Crippen LogP contribution in [0.4, 0.5) is 5.69 Å². The lowest BCUT2D eigenvalue weighted by atomic mass is 10.2. The van der Waals surface area contributed by atoms with Gasteiger partial charge in [-0.25, -0.2) is 0 Å². The molecule has 0 aromatic carbocycles. The van der Waals surface area contributed by atoms with Gasteiger partial charge in [-0.2, -0.15) is 5.10 Å². The second-order valence-corrected chi connectivity index (χ2v) is 6.09. The molecule has 1 aliphatic heterocycles. The van der Waals surface area contributed by atoms with E-state index in [2.05, 4.69) is 10.00 Å². The van der Waals surface area contributed by atoms with Gasteiger partial charge in [-0.3, -0.25) is 19.7 Å². The minimum atomic E-state index is -0.630. The van der Waals surface area contributed by atoms with Crippen LogP contribution >= 0.6 is 0 Å². The molecule has 124 valence electrons. The van der Waals surface area contributed by atoms with E-state index >= 15 is 0 Å². The number of nitrogens with zero attached hydrogens (tertiary/aromatic N) is 4. The van der Waals surface area contributed by atoms with Gasteiger partial charge in [0.05, 0.1) is 29.8 Å². The number of β-amino-alcohol motifs (C(OH)–C–C–N with tert-alkyl or cyclic N) is 1. The van der Waals surface area contributed by atoms with Crippen LogP contribution in [0.5, 0.6) is 0 Å². The first-order valence-corrected chi connectivity index (χ1v) is 7.52. The maximum atomic E-state index is 11.0. The Balaban J connectivity index is 1.99. The second kappa shape index (κ2) is 6.72. The number of morpholine rings is 1. The first-order valence-electron chi connectivity index (χ1n) is 7.52. The molecule has 2 rings (SSSR count). The van der Waals surface area contributed by atoms with Crippen molar-refractivity contribution in [3.05, 3.63) is 21.5 Å². The molecule has 1 N–H and O–H groups in total. The molecular weight excluding hydrogens is 288 g/mol. The summed E-state index contributed by atoms with van der Waals surface area (Å²) in [7, 11) is 0. The summed E-state index contributed by atoms with van der Waals surface area (Å²) in [6.45, 7) is 9.60. The van der Waals surface area contributed by atoms with Crippen LogP contribution in [0.15, 0.2) is 0 Å². The Bertz CT molecular complexity index is 535. The van der Waals surface area contributed by atoms with Crippen LogP contribution in [0, 0.1) is 24.0 Å². The zero-order chi connectivity index (χ0) is 16.4. The van der Waals surface area contributed by atoms with Gasteiger partial charge in [-0.1, -0.05) is 0 Å². The predicted octanol–water partition coefficient (Wildman–Crippen LogP) is 0.878. The van der Waals surface area contributed by atoms with E-state index in [1.54, 1.807) is 13.8 Å². The van der Waals surface area contributed by atoms with Gasteiger partial charge in [0, 0.05) is 19.6 Å². The van der Waals surface area contributed by atoms with Gasteiger partial charge in [0.15, 0.2) is 0 Å². The van der Waals surface area contributed by atoms with Gasteiger partial charge in [0.2, 0.25) is 0 Å². The topological polar surface area (TPSA) is 93.7 Å². The molecule has 1 fully saturated rings. The number of aryl methyl sites for hydroxylation is 1. The number of hydrogen-bond donors (Lipinski definition) is 1. The Morgan fingerprint density at radius 2 is 1.95 bits per heavy atom. The molecule has 8 heteroatoms. The quantitative estimate of drug-likeness (QED) is 0.641. The first kappa shape index (κ1) is 16.9. The van der Waals surface area contributed by atoms with E-state index in [9.17, 15) is 15.2 Å². The van der Waals surface area contributed by atoms with Crippen molar-refractivity contribution in [1.29, 1.82) is 0 Å². The van der Waals surface area contributed by atoms with Gasteiger partial charge in [0.25, 0.3) is 0 Å². The molecule has 0 unspecified atom stereocenters. The Hall–Kier alpha value is -1.51. The third kappa shape index (κ3) is 3.82. The van der Waals surface area contributed by atoms with Crippen molar-refractivity contribution in [1.82, 2.24) is 14.7 Å². The maximum Gasteiger partial charge on any atom is 0.312 e. The van der Waals surface area contributed by atoms with Crippen LogP contribution in [0.25, 0.3) is 0 Å². The molecule has 1 saturated heterocycles. The van der Waals surface area contributed by atoms with Crippen LogP contribution in [-0.2, 0) is 11.3 Å². The largest absolute Gasteiger partial charge is 0.390 e. The summed E-state index contributed by atoms with van der Waals surface area (Å²) in [5.41, 5.74) is 0.884. The van der Waals surface area contributed by atoms with Crippen LogP contribution in [0.3, 0.4) is 0 Å². The zero-order valence-corrected chi connectivity index (χ0v) is 13.5.